The van der Waals surface area contributed by atoms with Gasteiger partial charge in [0.2, 0.25) is 5.78 Å². The Kier molecular flexibility index (Phi) is 3.67. The van der Waals surface area contributed by atoms with Crippen molar-refractivity contribution in [3.8, 4) is 0 Å². The van der Waals surface area contributed by atoms with Crippen LogP contribution in [-0.4, -0.2) is 23.3 Å². The minimum atomic E-state index is -0.779. The van der Waals surface area contributed by atoms with E-state index in [4.69, 9.17) is 0 Å². The molecular formula is C14H13NO3. The average Bonchev–Trinajstić information content (AvgIpc) is 2.39. The van der Waals surface area contributed by atoms with E-state index in [2.05, 4.69) is 9.72 Å². The van der Waals surface area contributed by atoms with Gasteiger partial charge in [-0.05, 0) is 24.6 Å². The normalized spacial score (nSPS) is 10.3. The molecule has 92 valence electrons. The van der Waals surface area contributed by atoms with Crippen LogP contribution in [0.25, 0.3) is 10.9 Å². The summed E-state index contributed by atoms with van der Waals surface area (Å²) in [4.78, 5) is 27.2. The van der Waals surface area contributed by atoms with Crippen molar-refractivity contribution in [2.45, 2.75) is 13.3 Å². The molecule has 0 radical (unpaired) electrons. The van der Waals surface area contributed by atoms with E-state index in [9.17, 15) is 9.59 Å². The molecule has 0 unspecified atom stereocenters. The van der Waals surface area contributed by atoms with Gasteiger partial charge in [0.15, 0.2) is 0 Å². The molecule has 2 aromatic rings. The summed E-state index contributed by atoms with van der Waals surface area (Å²) in [6, 6.07) is 9.26. The van der Waals surface area contributed by atoms with Gasteiger partial charge in [-0.15, -0.1) is 0 Å². The largest absolute Gasteiger partial charge is 0.460 e. The molecule has 4 heteroatoms. The number of ether oxygens (including phenoxy) is 1. The molecule has 1 aromatic heterocycles. The molecule has 0 fully saturated rings. The number of aromatic nitrogens is 1. The van der Waals surface area contributed by atoms with Crippen LogP contribution in [0.5, 0.6) is 0 Å². The van der Waals surface area contributed by atoms with Crippen molar-refractivity contribution in [3.63, 3.8) is 0 Å². The molecule has 0 saturated heterocycles. The van der Waals surface area contributed by atoms with Crippen LogP contribution in [0.1, 0.15) is 12.5 Å². The van der Waals surface area contributed by atoms with Gasteiger partial charge in [-0.25, -0.2) is 4.79 Å². The second-order valence-corrected chi connectivity index (χ2v) is 3.81. The van der Waals surface area contributed by atoms with Crippen molar-refractivity contribution in [1.29, 1.82) is 0 Å². The molecule has 0 aliphatic carbocycles. The molecule has 1 heterocycles. The highest BCUT2D eigenvalue weighted by Crippen LogP contribution is 2.16. The number of ketones is 1. The first-order valence-electron chi connectivity index (χ1n) is 5.75. The second kappa shape index (κ2) is 5.40. The smallest absolute Gasteiger partial charge is 0.374 e. The fourth-order valence-electron chi connectivity index (χ4n) is 1.77. The molecule has 0 saturated carbocycles. The van der Waals surface area contributed by atoms with Crippen molar-refractivity contribution >= 4 is 22.7 Å². The standard InChI is InChI=1S/C14H13NO3/c1-2-18-14(17)13(16)9-10-7-8-15-12-6-4-3-5-11(10)12/h3-8H,2,9H2,1H3. The van der Waals surface area contributed by atoms with Crippen LogP contribution in [0, 0.1) is 0 Å². The number of nitrogens with zero attached hydrogens (tertiary/aromatic N) is 1. The lowest BCUT2D eigenvalue weighted by Crippen LogP contribution is -2.19. The maximum absolute atomic E-state index is 11.7. The van der Waals surface area contributed by atoms with Gasteiger partial charge >= 0.3 is 5.97 Å². The molecule has 18 heavy (non-hydrogen) atoms. The van der Waals surface area contributed by atoms with Gasteiger partial charge in [-0.3, -0.25) is 9.78 Å². The highest BCUT2D eigenvalue weighted by Gasteiger charge is 2.16. The molecule has 0 N–H and O–H groups in total. The van der Waals surface area contributed by atoms with Crippen LogP contribution >= 0.6 is 0 Å². The minimum Gasteiger partial charge on any atom is -0.460 e. The van der Waals surface area contributed by atoms with Gasteiger partial charge < -0.3 is 4.74 Å². The maximum Gasteiger partial charge on any atom is 0.374 e. The fraction of sp³-hybridized carbons (Fsp3) is 0.214. The molecular weight excluding hydrogens is 230 g/mol. The van der Waals surface area contributed by atoms with Gasteiger partial charge in [0.05, 0.1) is 12.1 Å². The summed E-state index contributed by atoms with van der Waals surface area (Å²) in [5.74, 6) is -1.31. The summed E-state index contributed by atoms with van der Waals surface area (Å²) in [6.07, 6.45) is 1.68. The first kappa shape index (κ1) is 12.2. The highest BCUT2D eigenvalue weighted by molar-refractivity contribution is 6.34. The third-order valence-electron chi connectivity index (χ3n) is 2.59. The summed E-state index contributed by atoms with van der Waals surface area (Å²) in [7, 11) is 0. The number of fused-ring (bicyclic) bond motifs is 1. The van der Waals surface area contributed by atoms with E-state index in [1.807, 2.05) is 24.3 Å². The van der Waals surface area contributed by atoms with Crippen molar-refractivity contribution in [3.05, 3.63) is 42.1 Å². The number of carbonyl (C=O) groups excluding carboxylic acids is 2. The van der Waals surface area contributed by atoms with Gasteiger partial charge in [-0.2, -0.15) is 0 Å². The Labute approximate surface area is 105 Å². The van der Waals surface area contributed by atoms with E-state index in [0.29, 0.717) is 0 Å². The highest BCUT2D eigenvalue weighted by atomic mass is 16.5. The molecule has 0 aliphatic rings. The van der Waals surface area contributed by atoms with Crippen molar-refractivity contribution < 1.29 is 14.3 Å². The van der Waals surface area contributed by atoms with Crippen LogP contribution in [0.15, 0.2) is 36.5 Å². The number of hydrogen-bond donors (Lipinski definition) is 0. The molecule has 0 amide bonds. The van der Waals surface area contributed by atoms with Crippen LogP contribution in [0.4, 0.5) is 0 Å². The summed E-state index contributed by atoms with van der Waals surface area (Å²) in [6.45, 7) is 1.88. The van der Waals surface area contributed by atoms with Crippen LogP contribution in [0.2, 0.25) is 0 Å². The molecule has 0 atom stereocenters. The Hall–Kier alpha value is -2.23. The lowest BCUT2D eigenvalue weighted by atomic mass is 10.0. The predicted molar refractivity (Wildman–Crippen MR) is 67.1 cm³/mol. The van der Waals surface area contributed by atoms with Crippen molar-refractivity contribution in [2.75, 3.05) is 6.61 Å². The molecule has 0 aliphatic heterocycles. The number of Topliss-reactive ketones (excluding diaryl/α,β-unsaturated/α-hetero) is 1. The third-order valence-corrected chi connectivity index (χ3v) is 2.59. The fourth-order valence-corrected chi connectivity index (χ4v) is 1.77. The number of hydrogen-bond acceptors (Lipinski definition) is 4. The van der Waals surface area contributed by atoms with E-state index >= 15 is 0 Å². The lowest BCUT2D eigenvalue weighted by molar-refractivity contribution is -0.153. The number of carbonyl (C=O) groups is 2. The van der Waals surface area contributed by atoms with E-state index in [1.54, 1.807) is 19.2 Å². The first-order chi connectivity index (χ1) is 8.72. The second-order valence-electron chi connectivity index (χ2n) is 3.81. The molecule has 0 bridgehead atoms. The number of para-hydroxylation sites is 1. The van der Waals surface area contributed by atoms with Crippen molar-refractivity contribution in [1.82, 2.24) is 4.98 Å². The summed E-state index contributed by atoms with van der Waals surface area (Å²) < 4.78 is 4.68. The zero-order valence-corrected chi connectivity index (χ0v) is 10.1. The van der Waals surface area contributed by atoms with Crippen LogP contribution < -0.4 is 0 Å². The summed E-state index contributed by atoms with van der Waals surface area (Å²) >= 11 is 0. The number of pyridine rings is 1. The Balaban J connectivity index is 2.27. The Morgan fingerprint density at radius 1 is 1.22 bits per heavy atom. The number of benzene rings is 1. The van der Waals surface area contributed by atoms with E-state index in [-0.39, 0.29) is 13.0 Å². The topological polar surface area (TPSA) is 56.3 Å². The van der Waals surface area contributed by atoms with Crippen LogP contribution in [0.3, 0.4) is 0 Å². The summed E-state index contributed by atoms with van der Waals surface area (Å²) in [5, 5.41) is 0.887. The molecule has 0 spiro atoms. The maximum atomic E-state index is 11.7. The third kappa shape index (κ3) is 2.53. The average molecular weight is 243 g/mol. The zero-order valence-electron chi connectivity index (χ0n) is 10.1. The summed E-state index contributed by atoms with van der Waals surface area (Å²) in [5.41, 5.74) is 1.60. The van der Waals surface area contributed by atoms with Crippen LogP contribution in [-0.2, 0) is 20.7 Å². The SMILES string of the molecule is CCOC(=O)C(=O)Cc1ccnc2ccccc12. The Bertz CT molecular complexity index is 587. The van der Waals surface area contributed by atoms with Gasteiger partial charge in [0.1, 0.15) is 0 Å². The number of esters is 1. The lowest BCUT2D eigenvalue weighted by Gasteiger charge is -2.05. The molecule has 1 aromatic carbocycles. The van der Waals surface area contributed by atoms with Crippen molar-refractivity contribution in [2.24, 2.45) is 0 Å². The predicted octanol–water partition coefficient (Wildman–Crippen LogP) is 1.91. The molecule has 4 nitrogen and oxygen atoms in total. The van der Waals surface area contributed by atoms with E-state index in [0.717, 1.165) is 16.5 Å². The Morgan fingerprint density at radius 3 is 2.78 bits per heavy atom. The van der Waals surface area contributed by atoms with E-state index in [1.165, 1.54) is 0 Å². The zero-order chi connectivity index (χ0) is 13.0. The van der Waals surface area contributed by atoms with Gasteiger partial charge in [0.25, 0.3) is 0 Å². The molecule has 2 rings (SSSR count). The Morgan fingerprint density at radius 2 is 2.00 bits per heavy atom. The van der Waals surface area contributed by atoms with Gasteiger partial charge in [-0.1, -0.05) is 18.2 Å². The first-order valence-corrected chi connectivity index (χ1v) is 5.75. The quantitative estimate of drug-likeness (QED) is 0.608. The monoisotopic (exact) mass is 243 g/mol. The number of rotatable bonds is 4. The van der Waals surface area contributed by atoms with E-state index < -0.39 is 11.8 Å². The minimum absolute atomic E-state index is 0.0435. The van der Waals surface area contributed by atoms with Gasteiger partial charge in [0, 0.05) is 18.0 Å².